The van der Waals surface area contributed by atoms with E-state index in [1.54, 1.807) is 18.2 Å². The zero-order valence-electron chi connectivity index (χ0n) is 16.2. The maximum absolute atomic E-state index is 12.7. The van der Waals surface area contributed by atoms with E-state index in [-0.39, 0.29) is 23.6 Å². The zero-order chi connectivity index (χ0) is 19.2. The second-order valence-corrected chi connectivity index (χ2v) is 8.01. The van der Waals surface area contributed by atoms with Crippen LogP contribution in [0.1, 0.15) is 47.6 Å². The minimum absolute atomic E-state index is 0.107. The van der Waals surface area contributed by atoms with Gasteiger partial charge >= 0.3 is 5.97 Å². The Morgan fingerprint density at radius 1 is 1.33 bits per heavy atom. The third-order valence-corrected chi connectivity index (χ3v) is 5.86. The summed E-state index contributed by atoms with van der Waals surface area (Å²) in [5.74, 6) is 1.34. The van der Waals surface area contributed by atoms with Gasteiger partial charge in [0.15, 0.2) is 0 Å². The van der Waals surface area contributed by atoms with E-state index in [2.05, 4.69) is 19.0 Å². The SMILES string of the molecule is Cc1noc(C)c1COc1cccc(C(=O)O[C@@H]2[C@@H]3CCO[C@H]3C2(C)C)c1. The monoisotopic (exact) mass is 371 g/mol. The van der Waals surface area contributed by atoms with Gasteiger partial charge in [-0.15, -0.1) is 0 Å². The van der Waals surface area contributed by atoms with Crippen molar-refractivity contribution in [2.75, 3.05) is 6.61 Å². The largest absolute Gasteiger partial charge is 0.489 e. The molecule has 27 heavy (non-hydrogen) atoms. The van der Waals surface area contributed by atoms with Crippen LogP contribution in [0, 0.1) is 25.2 Å². The van der Waals surface area contributed by atoms with Crippen molar-refractivity contribution >= 4 is 5.97 Å². The number of ether oxygens (including phenoxy) is 3. The Morgan fingerprint density at radius 2 is 2.15 bits per heavy atom. The number of aromatic nitrogens is 1. The van der Waals surface area contributed by atoms with Gasteiger partial charge < -0.3 is 18.7 Å². The molecule has 1 aliphatic carbocycles. The molecule has 2 aromatic rings. The Morgan fingerprint density at radius 3 is 2.89 bits per heavy atom. The average Bonchev–Trinajstić information content (AvgIpc) is 3.24. The van der Waals surface area contributed by atoms with Crippen LogP contribution < -0.4 is 4.74 Å². The van der Waals surface area contributed by atoms with E-state index >= 15 is 0 Å². The summed E-state index contributed by atoms with van der Waals surface area (Å²) >= 11 is 0. The third-order valence-electron chi connectivity index (χ3n) is 5.86. The Bertz CT molecular complexity index is 837. The molecule has 1 aromatic heterocycles. The summed E-state index contributed by atoms with van der Waals surface area (Å²) in [7, 11) is 0. The lowest BCUT2D eigenvalue weighted by Crippen LogP contribution is -2.61. The molecule has 144 valence electrons. The van der Waals surface area contributed by atoms with Gasteiger partial charge in [-0.25, -0.2) is 4.79 Å². The van der Waals surface area contributed by atoms with Gasteiger partial charge in [0, 0.05) is 17.9 Å². The van der Waals surface area contributed by atoms with Crippen molar-refractivity contribution in [3.63, 3.8) is 0 Å². The number of hydrogen-bond acceptors (Lipinski definition) is 6. The smallest absolute Gasteiger partial charge is 0.338 e. The summed E-state index contributed by atoms with van der Waals surface area (Å²) in [5, 5.41) is 3.92. The molecule has 0 amide bonds. The van der Waals surface area contributed by atoms with Crippen LogP contribution in [0.25, 0.3) is 0 Å². The van der Waals surface area contributed by atoms with Crippen LogP contribution in [-0.2, 0) is 16.1 Å². The second kappa shape index (κ2) is 6.68. The molecule has 2 heterocycles. The highest BCUT2D eigenvalue weighted by Crippen LogP contribution is 2.53. The summed E-state index contributed by atoms with van der Waals surface area (Å²) in [4.78, 5) is 12.7. The van der Waals surface area contributed by atoms with Crippen molar-refractivity contribution in [1.29, 1.82) is 0 Å². The molecule has 0 spiro atoms. The van der Waals surface area contributed by atoms with Gasteiger partial charge in [0.2, 0.25) is 0 Å². The molecule has 6 heteroatoms. The van der Waals surface area contributed by atoms with Crippen LogP contribution >= 0.6 is 0 Å². The molecule has 1 saturated heterocycles. The van der Waals surface area contributed by atoms with E-state index in [0.29, 0.717) is 23.8 Å². The Labute approximate surface area is 158 Å². The molecule has 0 N–H and O–H groups in total. The minimum Gasteiger partial charge on any atom is -0.489 e. The number of benzene rings is 1. The molecule has 3 atom stereocenters. The predicted molar refractivity (Wildman–Crippen MR) is 97.6 cm³/mol. The number of fused-ring (bicyclic) bond motifs is 1. The maximum atomic E-state index is 12.7. The van der Waals surface area contributed by atoms with E-state index in [1.807, 2.05) is 19.9 Å². The highest BCUT2D eigenvalue weighted by molar-refractivity contribution is 5.90. The number of carbonyl (C=O) groups excluding carboxylic acids is 1. The molecule has 0 radical (unpaired) electrons. The van der Waals surface area contributed by atoms with E-state index in [9.17, 15) is 4.79 Å². The molecule has 2 aliphatic rings. The van der Waals surface area contributed by atoms with Crippen molar-refractivity contribution in [2.45, 2.75) is 52.9 Å². The summed E-state index contributed by atoms with van der Waals surface area (Å²) in [6.45, 7) is 9.02. The van der Waals surface area contributed by atoms with Gasteiger partial charge in [-0.3, -0.25) is 0 Å². The van der Waals surface area contributed by atoms with Gasteiger partial charge in [-0.1, -0.05) is 25.1 Å². The van der Waals surface area contributed by atoms with Gasteiger partial charge in [0.05, 0.1) is 22.9 Å². The third kappa shape index (κ3) is 3.12. The van der Waals surface area contributed by atoms with Crippen molar-refractivity contribution < 1.29 is 23.5 Å². The minimum atomic E-state index is -0.318. The van der Waals surface area contributed by atoms with Crippen LogP contribution in [0.2, 0.25) is 0 Å². The summed E-state index contributed by atoms with van der Waals surface area (Å²) in [6.07, 6.45) is 1.04. The first-order valence-corrected chi connectivity index (χ1v) is 9.35. The molecule has 4 rings (SSSR count). The lowest BCUT2D eigenvalue weighted by atomic mass is 9.59. The van der Waals surface area contributed by atoms with Gasteiger partial charge in [-0.2, -0.15) is 0 Å². The summed E-state index contributed by atoms with van der Waals surface area (Å²) in [6, 6.07) is 7.09. The first-order valence-electron chi connectivity index (χ1n) is 9.35. The molecule has 1 saturated carbocycles. The molecule has 0 unspecified atom stereocenters. The van der Waals surface area contributed by atoms with Crippen molar-refractivity contribution in [3.05, 3.63) is 46.8 Å². The Balaban J connectivity index is 1.42. The van der Waals surface area contributed by atoms with E-state index in [0.717, 1.165) is 30.0 Å². The Hall–Kier alpha value is -2.34. The second-order valence-electron chi connectivity index (χ2n) is 8.01. The van der Waals surface area contributed by atoms with Crippen molar-refractivity contribution in [2.24, 2.45) is 11.3 Å². The fourth-order valence-corrected chi connectivity index (χ4v) is 4.28. The summed E-state index contributed by atoms with van der Waals surface area (Å²) in [5.41, 5.74) is 2.08. The van der Waals surface area contributed by atoms with Crippen molar-refractivity contribution in [3.8, 4) is 5.75 Å². The fraction of sp³-hybridized carbons (Fsp3) is 0.524. The van der Waals surface area contributed by atoms with Crippen LogP contribution in [0.15, 0.2) is 28.8 Å². The molecule has 0 bridgehead atoms. The topological polar surface area (TPSA) is 70.8 Å². The lowest BCUT2D eigenvalue weighted by molar-refractivity contribution is -0.183. The van der Waals surface area contributed by atoms with Crippen LogP contribution in [0.4, 0.5) is 0 Å². The molecule has 6 nitrogen and oxygen atoms in total. The standard InChI is InChI=1S/C21H25NO5/c1-12-17(13(2)27-22-12)11-25-15-7-5-6-14(10-15)20(23)26-19-16-8-9-24-18(16)21(19,3)4/h5-7,10,16,18-19H,8-9,11H2,1-4H3/t16-,18-,19-/m1/s1. The van der Waals surface area contributed by atoms with Gasteiger partial charge in [0.25, 0.3) is 0 Å². The van der Waals surface area contributed by atoms with Crippen LogP contribution in [-0.4, -0.2) is 29.9 Å². The summed E-state index contributed by atoms with van der Waals surface area (Å²) < 4.78 is 22.6. The molecular formula is C21H25NO5. The zero-order valence-corrected chi connectivity index (χ0v) is 16.2. The molecule has 2 fully saturated rings. The number of aryl methyl sites for hydroxylation is 2. The Kier molecular flexibility index (Phi) is 4.46. The lowest BCUT2D eigenvalue weighted by Gasteiger charge is -2.53. The number of rotatable bonds is 5. The van der Waals surface area contributed by atoms with Crippen LogP contribution in [0.5, 0.6) is 5.75 Å². The first-order chi connectivity index (χ1) is 12.9. The molecule has 1 aromatic carbocycles. The highest BCUT2D eigenvalue weighted by atomic mass is 16.6. The number of hydrogen-bond donors (Lipinski definition) is 0. The molecular weight excluding hydrogens is 346 g/mol. The van der Waals surface area contributed by atoms with E-state index < -0.39 is 0 Å². The predicted octanol–water partition coefficient (Wildman–Crippen LogP) is 3.84. The number of carbonyl (C=O) groups is 1. The maximum Gasteiger partial charge on any atom is 0.338 e. The van der Waals surface area contributed by atoms with E-state index in [1.165, 1.54) is 0 Å². The fourth-order valence-electron chi connectivity index (χ4n) is 4.28. The normalized spacial score (nSPS) is 25.6. The van der Waals surface area contributed by atoms with Gasteiger partial charge in [0.1, 0.15) is 24.2 Å². The van der Waals surface area contributed by atoms with Crippen molar-refractivity contribution in [1.82, 2.24) is 5.16 Å². The first kappa shape index (κ1) is 18.0. The van der Waals surface area contributed by atoms with E-state index in [4.69, 9.17) is 18.7 Å². The quantitative estimate of drug-likeness (QED) is 0.744. The van der Waals surface area contributed by atoms with Gasteiger partial charge in [-0.05, 0) is 38.5 Å². The molecule has 1 aliphatic heterocycles. The average molecular weight is 371 g/mol. The highest BCUT2D eigenvalue weighted by Gasteiger charge is 2.61. The van der Waals surface area contributed by atoms with Crippen LogP contribution in [0.3, 0.4) is 0 Å². The number of nitrogens with zero attached hydrogens (tertiary/aromatic N) is 1. The number of esters is 1.